The molecule has 0 unspecified atom stereocenters. The SMILES string of the molecule is CCCCC(=O)N(C[C@@H]1CC[C@H]2C[C@@H]1C2(C)C)[C@@H]1C=C(C(=O)NCCO)[C@@H]2c3cc(CO)cc(OC)c3O[C@@H]2[C@H]1O. The molecule has 226 valence electrons. The van der Waals surface area contributed by atoms with E-state index in [9.17, 15) is 24.9 Å². The van der Waals surface area contributed by atoms with E-state index >= 15 is 0 Å². The molecular weight excluding hydrogens is 524 g/mol. The highest BCUT2D eigenvalue weighted by Crippen LogP contribution is 2.61. The van der Waals surface area contributed by atoms with E-state index in [1.807, 2.05) is 4.90 Å². The summed E-state index contributed by atoms with van der Waals surface area (Å²) in [5.74, 6) is 1.43. The minimum absolute atomic E-state index is 0.0179. The molecule has 3 fully saturated rings. The number of amides is 2. The Labute approximate surface area is 242 Å². The number of carbonyl (C=O) groups excluding carboxylic acids is 2. The first-order valence-corrected chi connectivity index (χ1v) is 15.2. The second-order valence-electron chi connectivity index (χ2n) is 12.9. The molecule has 0 radical (unpaired) electrons. The molecule has 1 heterocycles. The lowest BCUT2D eigenvalue weighted by atomic mass is 9.45. The molecule has 0 aromatic heterocycles. The summed E-state index contributed by atoms with van der Waals surface area (Å²) in [7, 11) is 1.51. The van der Waals surface area contributed by atoms with Gasteiger partial charge in [-0.1, -0.05) is 27.2 Å². The number of hydrogen-bond acceptors (Lipinski definition) is 7. The van der Waals surface area contributed by atoms with Gasteiger partial charge in [-0.15, -0.1) is 0 Å². The Bertz CT molecular complexity index is 1180. The molecule has 1 aliphatic heterocycles. The molecule has 4 aliphatic carbocycles. The lowest BCUT2D eigenvalue weighted by Gasteiger charge is -2.61. The Morgan fingerprint density at radius 3 is 2.63 bits per heavy atom. The zero-order valence-electron chi connectivity index (χ0n) is 24.8. The van der Waals surface area contributed by atoms with E-state index in [4.69, 9.17) is 9.47 Å². The number of benzene rings is 1. The summed E-state index contributed by atoms with van der Waals surface area (Å²) in [6.07, 6.45) is 5.25. The topological polar surface area (TPSA) is 129 Å². The fourth-order valence-corrected chi connectivity index (χ4v) is 7.91. The van der Waals surface area contributed by atoms with Crippen molar-refractivity contribution in [1.29, 1.82) is 0 Å². The summed E-state index contributed by atoms with van der Waals surface area (Å²) in [6, 6.07) is 2.73. The number of methoxy groups -OCH3 is 1. The number of fused-ring (bicyclic) bond motifs is 5. The zero-order chi connectivity index (χ0) is 29.5. The lowest BCUT2D eigenvalue weighted by molar-refractivity contribution is -0.146. The maximum atomic E-state index is 13.8. The van der Waals surface area contributed by atoms with Gasteiger partial charge in [-0.2, -0.15) is 0 Å². The molecule has 9 heteroatoms. The first kappa shape index (κ1) is 29.9. The summed E-state index contributed by atoms with van der Waals surface area (Å²) in [4.78, 5) is 29.2. The third kappa shape index (κ3) is 5.25. The highest BCUT2D eigenvalue weighted by atomic mass is 16.5. The Morgan fingerprint density at radius 1 is 1.22 bits per heavy atom. The van der Waals surface area contributed by atoms with Crippen molar-refractivity contribution in [2.24, 2.45) is 23.2 Å². The first-order valence-electron chi connectivity index (χ1n) is 15.2. The van der Waals surface area contributed by atoms with Crippen LogP contribution in [-0.2, 0) is 16.2 Å². The third-order valence-corrected chi connectivity index (χ3v) is 10.4. The van der Waals surface area contributed by atoms with Crippen LogP contribution in [0.15, 0.2) is 23.8 Å². The minimum atomic E-state index is -1.08. The Hall–Kier alpha value is -2.62. The van der Waals surface area contributed by atoms with Gasteiger partial charge in [0.25, 0.3) is 0 Å². The van der Waals surface area contributed by atoms with Crippen molar-refractivity contribution >= 4 is 11.8 Å². The van der Waals surface area contributed by atoms with Gasteiger partial charge in [-0.25, -0.2) is 0 Å². The van der Waals surface area contributed by atoms with Gasteiger partial charge in [0.1, 0.15) is 12.2 Å². The van der Waals surface area contributed by atoms with Gasteiger partial charge in [0.15, 0.2) is 11.5 Å². The molecule has 7 atom stereocenters. The van der Waals surface area contributed by atoms with Crippen molar-refractivity contribution < 1.29 is 34.4 Å². The fourth-order valence-electron chi connectivity index (χ4n) is 7.91. The summed E-state index contributed by atoms with van der Waals surface area (Å²) >= 11 is 0. The molecular formula is C32H46N2O7. The van der Waals surface area contributed by atoms with Crippen molar-refractivity contribution in [1.82, 2.24) is 10.2 Å². The second kappa shape index (κ2) is 11.9. The molecule has 2 amide bonds. The van der Waals surface area contributed by atoms with Crippen molar-refractivity contribution in [3.05, 3.63) is 34.9 Å². The highest BCUT2D eigenvalue weighted by Gasteiger charge is 2.56. The maximum Gasteiger partial charge on any atom is 0.247 e. The quantitative estimate of drug-likeness (QED) is 0.322. The van der Waals surface area contributed by atoms with Gasteiger partial charge in [0.05, 0.1) is 32.3 Å². The van der Waals surface area contributed by atoms with Crippen molar-refractivity contribution in [3.63, 3.8) is 0 Å². The predicted octanol–water partition coefficient (Wildman–Crippen LogP) is 2.90. The van der Waals surface area contributed by atoms with Gasteiger partial charge < -0.3 is 35.0 Å². The number of rotatable bonds is 11. The molecule has 3 saturated carbocycles. The maximum absolute atomic E-state index is 13.8. The molecule has 1 aromatic rings. The van der Waals surface area contributed by atoms with Gasteiger partial charge >= 0.3 is 0 Å². The number of unbranched alkanes of at least 4 members (excludes halogenated alkanes) is 1. The number of aliphatic hydroxyl groups excluding tert-OH is 3. The van der Waals surface area contributed by atoms with E-state index in [1.54, 1.807) is 18.2 Å². The summed E-state index contributed by atoms with van der Waals surface area (Å²) in [5, 5.41) is 33.9. The number of nitrogens with zero attached hydrogens (tertiary/aromatic N) is 1. The molecule has 41 heavy (non-hydrogen) atoms. The zero-order valence-corrected chi connectivity index (χ0v) is 24.8. The van der Waals surface area contributed by atoms with E-state index in [0.717, 1.165) is 31.6 Å². The van der Waals surface area contributed by atoms with Crippen LogP contribution in [0.5, 0.6) is 11.5 Å². The Morgan fingerprint density at radius 2 is 2.00 bits per heavy atom. The largest absolute Gasteiger partial charge is 0.493 e. The van der Waals surface area contributed by atoms with E-state index < -0.39 is 24.2 Å². The van der Waals surface area contributed by atoms with Crippen molar-refractivity contribution in [2.75, 3.05) is 26.8 Å². The Balaban J connectivity index is 1.54. The molecule has 0 spiro atoms. The number of aliphatic hydroxyl groups is 3. The summed E-state index contributed by atoms with van der Waals surface area (Å²) in [6.45, 7) is 6.91. The molecule has 2 bridgehead atoms. The van der Waals surface area contributed by atoms with E-state index in [1.165, 1.54) is 13.5 Å². The average Bonchev–Trinajstić information content (AvgIpc) is 3.37. The minimum Gasteiger partial charge on any atom is -0.493 e. The highest BCUT2D eigenvalue weighted by molar-refractivity contribution is 5.96. The normalized spacial score (nSPS) is 30.7. The first-order chi connectivity index (χ1) is 19.7. The molecule has 0 saturated heterocycles. The number of ether oxygens (including phenoxy) is 2. The van der Waals surface area contributed by atoms with Crippen LogP contribution >= 0.6 is 0 Å². The average molecular weight is 571 g/mol. The third-order valence-electron chi connectivity index (χ3n) is 10.4. The van der Waals surface area contributed by atoms with E-state index in [2.05, 4.69) is 26.1 Å². The monoisotopic (exact) mass is 570 g/mol. The van der Waals surface area contributed by atoms with E-state index in [-0.39, 0.29) is 37.0 Å². The van der Waals surface area contributed by atoms with Crippen LogP contribution in [0.4, 0.5) is 0 Å². The van der Waals surface area contributed by atoms with Gasteiger partial charge in [0.2, 0.25) is 11.8 Å². The van der Waals surface area contributed by atoms with Gasteiger partial charge in [-0.3, -0.25) is 9.59 Å². The number of hydrogen-bond donors (Lipinski definition) is 4. The van der Waals surface area contributed by atoms with Crippen LogP contribution in [0.25, 0.3) is 0 Å². The summed E-state index contributed by atoms with van der Waals surface area (Å²) < 4.78 is 11.9. The van der Waals surface area contributed by atoms with Gasteiger partial charge in [0, 0.05) is 30.6 Å². The predicted molar refractivity (Wildman–Crippen MR) is 153 cm³/mol. The van der Waals surface area contributed by atoms with Crippen molar-refractivity contribution in [2.45, 2.75) is 90.1 Å². The van der Waals surface area contributed by atoms with Gasteiger partial charge in [-0.05, 0) is 72.6 Å². The van der Waals surface area contributed by atoms with Crippen LogP contribution in [-0.4, -0.2) is 77.1 Å². The number of carbonyl (C=O) groups is 2. The fraction of sp³-hybridized carbons (Fsp3) is 0.688. The molecule has 5 aliphatic rings. The van der Waals surface area contributed by atoms with Crippen LogP contribution < -0.4 is 14.8 Å². The van der Waals surface area contributed by atoms with Crippen LogP contribution in [0.1, 0.15) is 76.3 Å². The standard InChI is InChI=1S/C32H46N2O7/c1-5-6-7-26(37)34(16-19-8-9-20-14-23(19)32(20,2)3)24-15-22(31(39)33-10-11-35)27-21-12-18(17-36)13-25(40-4)29(21)41-30(27)28(24)38/h12-13,15,19-20,23-24,27-28,30,35-36,38H,5-11,14,16-17H2,1-4H3,(H,33,39)/t19-,20-,23-,24+,27-,28-,30-/m0/s1. The smallest absolute Gasteiger partial charge is 0.247 e. The molecule has 4 N–H and O–H groups in total. The lowest BCUT2D eigenvalue weighted by Crippen LogP contribution is -2.59. The Kier molecular flexibility index (Phi) is 8.69. The van der Waals surface area contributed by atoms with Crippen LogP contribution in [0.2, 0.25) is 0 Å². The molecule has 1 aromatic carbocycles. The van der Waals surface area contributed by atoms with Crippen LogP contribution in [0.3, 0.4) is 0 Å². The van der Waals surface area contributed by atoms with Crippen molar-refractivity contribution in [3.8, 4) is 11.5 Å². The van der Waals surface area contributed by atoms with E-state index in [0.29, 0.717) is 53.0 Å². The molecule has 6 rings (SSSR count). The molecule has 9 nitrogen and oxygen atoms in total. The van der Waals surface area contributed by atoms with Crippen LogP contribution in [0, 0.1) is 23.2 Å². The number of nitrogens with one attached hydrogen (secondary N) is 1. The summed E-state index contributed by atoms with van der Waals surface area (Å²) in [5.41, 5.74) is 1.89. The second-order valence-corrected chi connectivity index (χ2v) is 12.9.